The van der Waals surface area contributed by atoms with Crippen LogP contribution >= 0.6 is 0 Å². The van der Waals surface area contributed by atoms with Gasteiger partial charge in [0.1, 0.15) is 0 Å². The summed E-state index contributed by atoms with van der Waals surface area (Å²) in [5, 5.41) is 0. The third-order valence-corrected chi connectivity index (χ3v) is 2.58. The lowest BCUT2D eigenvalue weighted by Gasteiger charge is -2.32. The molecule has 1 unspecified atom stereocenters. The molecule has 14 heavy (non-hydrogen) atoms. The number of morpholine rings is 1. The first kappa shape index (κ1) is 9.65. The summed E-state index contributed by atoms with van der Waals surface area (Å²) in [6.45, 7) is 3.24. The highest BCUT2D eigenvalue weighted by Gasteiger charge is 2.20. The number of ether oxygens (including phenoxy) is 1. The molecule has 1 aromatic carbocycles. The van der Waals surface area contributed by atoms with Crippen LogP contribution in [-0.4, -0.2) is 31.3 Å². The van der Waals surface area contributed by atoms with Gasteiger partial charge in [-0.3, -0.25) is 4.90 Å². The van der Waals surface area contributed by atoms with E-state index in [9.17, 15) is 0 Å². The van der Waals surface area contributed by atoms with E-state index in [2.05, 4.69) is 17.0 Å². The van der Waals surface area contributed by atoms with Crippen LogP contribution in [-0.2, 0) is 4.74 Å². The molecule has 1 aromatic rings. The lowest BCUT2D eigenvalue weighted by Crippen LogP contribution is -2.41. The van der Waals surface area contributed by atoms with E-state index in [0.717, 1.165) is 19.7 Å². The molecule has 76 valence electrons. The van der Waals surface area contributed by atoms with E-state index in [1.165, 1.54) is 5.56 Å². The van der Waals surface area contributed by atoms with E-state index in [4.69, 9.17) is 10.5 Å². The number of nitrogens with zero attached hydrogens (tertiary/aromatic N) is 1. The number of benzene rings is 1. The minimum Gasteiger partial charge on any atom is -0.371 e. The van der Waals surface area contributed by atoms with Crippen molar-refractivity contribution in [3.05, 3.63) is 35.9 Å². The SMILES string of the molecule is NCN1CCOC(c2ccccc2)C1. The average molecular weight is 192 g/mol. The minimum atomic E-state index is 0.188. The molecule has 1 aliphatic rings. The molecule has 1 saturated heterocycles. The van der Waals surface area contributed by atoms with Crippen LogP contribution in [0.5, 0.6) is 0 Å². The molecule has 1 aliphatic heterocycles. The van der Waals surface area contributed by atoms with Gasteiger partial charge in [-0.15, -0.1) is 0 Å². The van der Waals surface area contributed by atoms with Crippen molar-refractivity contribution in [2.45, 2.75) is 6.10 Å². The van der Waals surface area contributed by atoms with Crippen molar-refractivity contribution < 1.29 is 4.74 Å². The Kier molecular flexibility index (Phi) is 3.14. The van der Waals surface area contributed by atoms with Crippen LogP contribution in [0, 0.1) is 0 Å². The van der Waals surface area contributed by atoms with Crippen LogP contribution in [0.1, 0.15) is 11.7 Å². The maximum absolute atomic E-state index is 5.70. The summed E-state index contributed by atoms with van der Waals surface area (Å²) in [4.78, 5) is 2.21. The molecule has 0 aliphatic carbocycles. The zero-order valence-corrected chi connectivity index (χ0v) is 8.23. The van der Waals surface area contributed by atoms with Gasteiger partial charge >= 0.3 is 0 Å². The fourth-order valence-corrected chi connectivity index (χ4v) is 1.74. The number of hydrogen-bond acceptors (Lipinski definition) is 3. The van der Waals surface area contributed by atoms with Crippen LogP contribution < -0.4 is 5.73 Å². The van der Waals surface area contributed by atoms with Gasteiger partial charge in [0.15, 0.2) is 0 Å². The fourth-order valence-electron chi connectivity index (χ4n) is 1.74. The van der Waals surface area contributed by atoms with Gasteiger partial charge in [0.2, 0.25) is 0 Å². The first-order valence-corrected chi connectivity index (χ1v) is 4.99. The van der Waals surface area contributed by atoms with Gasteiger partial charge in [0.25, 0.3) is 0 Å². The largest absolute Gasteiger partial charge is 0.371 e. The van der Waals surface area contributed by atoms with Crippen molar-refractivity contribution in [3.63, 3.8) is 0 Å². The molecule has 1 fully saturated rings. The summed E-state index contributed by atoms with van der Waals surface area (Å²) in [7, 11) is 0. The monoisotopic (exact) mass is 192 g/mol. The van der Waals surface area contributed by atoms with Crippen molar-refractivity contribution in [2.75, 3.05) is 26.4 Å². The Hall–Kier alpha value is -0.900. The number of nitrogens with two attached hydrogens (primary N) is 1. The van der Waals surface area contributed by atoms with Gasteiger partial charge in [-0.2, -0.15) is 0 Å². The van der Waals surface area contributed by atoms with Crippen molar-refractivity contribution in [1.29, 1.82) is 0 Å². The first-order chi connectivity index (χ1) is 6.90. The Morgan fingerprint density at radius 1 is 1.36 bits per heavy atom. The van der Waals surface area contributed by atoms with Gasteiger partial charge in [0.05, 0.1) is 12.7 Å². The molecule has 2 rings (SSSR count). The zero-order chi connectivity index (χ0) is 9.80. The fraction of sp³-hybridized carbons (Fsp3) is 0.455. The second kappa shape index (κ2) is 4.55. The molecule has 0 saturated carbocycles. The van der Waals surface area contributed by atoms with Gasteiger partial charge in [-0.05, 0) is 5.56 Å². The summed E-state index contributed by atoms with van der Waals surface area (Å²) in [6, 6.07) is 10.3. The Bertz CT molecular complexity index is 276. The molecule has 1 heterocycles. The molecule has 0 amide bonds. The highest BCUT2D eigenvalue weighted by Crippen LogP contribution is 2.20. The lowest BCUT2D eigenvalue weighted by molar-refractivity contribution is -0.0291. The molecule has 0 bridgehead atoms. The van der Waals surface area contributed by atoms with Crippen LogP contribution in [0.15, 0.2) is 30.3 Å². The quantitative estimate of drug-likeness (QED) is 0.759. The van der Waals surface area contributed by atoms with E-state index in [-0.39, 0.29) is 6.10 Å². The summed E-state index contributed by atoms with van der Waals surface area (Å²) in [5.74, 6) is 0. The molecular formula is C11H16N2O. The minimum absolute atomic E-state index is 0.188. The summed E-state index contributed by atoms with van der Waals surface area (Å²) >= 11 is 0. The van der Waals surface area contributed by atoms with E-state index in [1.54, 1.807) is 0 Å². The van der Waals surface area contributed by atoms with Gasteiger partial charge in [-0.25, -0.2) is 0 Å². The molecule has 3 nitrogen and oxygen atoms in total. The number of rotatable bonds is 2. The zero-order valence-electron chi connectivity index (χ0n) is 8.23. The third kappa shape index (κ3) is 2.12. The Labute approximate surface area is 84.5 Å². The molecular weight excluding hydrogens is 176 g/mol. The van der Waals surface area contributed by atoms with E-state index in [0.29, 0.717) is 6.67 Å². The summed E-state index contributed by atoms with van der Waals surface area (Å²) in [6.07, 6.45) is 0.188. The van der Waals surface area contributed by atoms with Gasteiger partial charge < -0.3 is 10.5 Å². The molecule has 2 N–H and O–H groups in total. The van der Waals surface area contributed by atoms with E-state index >= 15 is 0 Å². The smallest absolute Gasteiger partial charge is 0.0952 e. The maximum atomic E-state index is 5.70. The van der Waals surface area contributed by atoms with Crippen LogP contribution in [0.4, 0.5) is 0 Å². The van der Waals surface area contributed by atoms with Gasteiger partial charge in [-0.1, -0.05) is 30.3 Å². The predicted molar refractivity (Wildman–Crippen MR) is 55.8 cm³/mol. The average Bonchev–Trinajstić information content (AvgIpc) is 2.30. The van der Waals surface area contributed by atoms with Crippen molar-refractivity contribution in [3.8, 4) is 0 Å². The molecule has 0 radical (unpaired) electrons. The summed E-state index contributed by atoms with van der Waals surface area (Å²) < 4.78 is 5.70. The van der Waals surface area contributed by atoms with Crippen LogP contribution in [0.3, 0.4) is 0 Å². The van der Waals surface area contributed by atoms with Crippen LogP contribution in [0.25, 0.3) is 0 Å². The Morgan fingerprint density at radius 2 is 2.14 bits per heavy atom. The lowest BCUT2D eigenvalue weighted by atomic mass is 10.1. The van der Waals surface area contributed by atoms with E-state index < -0.39 is 0 Å². The predicted octanol–water partition coefficient (Wildman–Crippen LogP) is 0.976. The molecule has 0 spiro atoms. The Balaban J connectivity index is 2.04. The highest BCUT2D eigenvalue weighted by molar-refractivity contribution is 5.18. The van der Waals surface area contributed by atoms with Crippen molar-refractivity contribution in [2.24, 2.45) is 5.73 Å². The van der Waals surface area contributed by atoms with E-state index in [1.807, 2.05) is 18.2 Å². The maximum Gasteiger partial charge on any atom is 0.0952 e. The van der Waals surface area contributed by atoms with Crippen molar-refractivity contribution in [1.82, 2.24) is 4.90 Å². The van der Waals surface area contributed by atoms with Crippen molar-refractivity contribution >= 4 is 0 Å². The second-order valence-electron chi connectivity index (χ2n) is 3.53. The highest BCUT2D eigenvalue weighted by atomic mass is 16.5. The number of hydrogen-bond donors (Lipinski definition) is 1. The summed E-state index contributed by atoms with van der Waals surface area (Å²) in [5.41, 5.74) is 6.86. The molecule has 3 heteroatoms. The Morgan fingerprint density at radius 3 is 2.86 bits per heavy atom. The normalized spacial score (nSPS) is 23.6. The van der Waals surface area contributed by atoms with Crippen LogP contribution in [0.2, 0.25) is 0 Å². The topological polar surface area (TPSA) is 38.5 Å². The third-order valence-electron chi connectivity index (χ3n) is 2.58. The standard InChI is InChI=1S/C11H16N2O/c12-9-13-6-7-14-11(8-13)10-4-2-1-3-5-10/h1-5,11H,6-9,12H2. The molecule has 0 aromatic heterocycles. The first-order valence-electron chi connectivity index (χ1n) is 4.99. The van der Waals surface area contributed by atoms with Gasteiger partial charge in [0, 0.05) is 19.8 Å². The second-order valence-corrected chi connectivity index (χ2v) is 3.53. The molecule has 1 atom stereocenters.